The maximum absolute atomic E-state index is 11.6. The molecule has 10 nitrogen and oxygen atoms in total. The summed E-state index contributed by atoms with van der Waals surface area (Å²) in [5.41, 5.74) is 5.69. The van der Waals surface area contributed by atoms with Gasteiger partial charge in [-0.15, -0.1) is 5.10 Å². The number of carbonyl (C=O) groups excluding carboxylic acids is 3. The number of hydrogen-bond acceptors (Lipinski definition) is 8. The van der Waals surface area contributed by atoms with Gasteiger partial charge in [-0.2, -0.15) is 0 Å². The predicted molar refractivity (Wildman–Crippen MR) is 64.4 cm³/mol. The summed E-state index contributed by atoms with van der Waals surface area (Å²) in [4.78, 5) is 33.9. The Hall–Kier alpha value is -2.49. The van der Waals surface area contributed by atoms with Crippen LogP contribution in [-0.4, -0.2) is 46.7 Å². The summed E-state index contributed by atoms with van der Waals surface area (Å²) in [5, 5.41) is 9.20. The molecule has 110 valence electrons. The Morgan fingerprint density at radius 2 is 2.10 bits per heavy atom. The maximum atomic E-state index is 11.6. The molecule has 0 atom stereocenters. The van der Waals surface area contributed by atoms with E-state index in [0.29, 0.717) is 0 Å². The monoisotopic (exact) mass is 285 g/mol. The van der Waals surface area contributed by atoms with Crippen LogP contribution in [0.3, 0.4) is 0 Å². The Balaban J connectivity index is 2.83. The highest BCUT2D eigenvalue weighted by Gasteiger charge is 2.21. The van der Waals surface area contributed by atoms with Crippen molar-refractivity contribution in [3.8, 4) is 0 Å². The van der Waals surface area contributed by atoms with E-state index >= 15 is 0 Å². The van der Waals surface area contributed by atoms with Gasteiger partial charge in [-0.05, 0) is 6.92 Å². The van der Waals surface area contributed by atoms with Gasteiger partial charge in [0, 0.05) is 6.54 Å². The number of hydrogen-bond donors (Lipinski definition) is 2. The van der Waals surface area contributed by atoms with E-state index in [0.717, 1.165) is 11.8 Å². The zero-order valence-corrected chi connectivity index (χ0v) is 11.1. The molecule has 1 heterocycles. The SMILES string of the molecule is CCOC(=O)c1nnn(CC(=O)NC(=O)OC)c1CN. The van der Waals surface area contributed by atoms with E-state index in [1.165, 1.54) is 0 Å². The quantitative estimate of drug-likeness (QED) is 0.643. The number of alkyl carbamates (subject to hydrolysis) is 1. The molecule has 0 aliphatic rings. The van der Waals surface area contributed by atoms with E-state index in [-0.39, 0.29) is 31.1 Å². The third-order valence-corrected chi connectivity index (χ3v) is 2.22. The molecule has 0 aliphatic heterocycles. The lowest BCUT2D eigenvalue weighted by molar-refractivity contribution is -0.121. The minimum Gasteiger partial charge on any atom is -0.461 e. The number of carbonyl (C=O) groups is 3. The van der Waals surface area contributed by atoms with Crippen LogP contribution < -0.4 is 11.1 Å². The first kappa shape index (κ1) is 15.6. The number of methoxy groups -OCH3 is 1. The minimum absolute atomic E-state index is 0.0554. The second kappa shape index (κ2) is 7.19. The second-order valence-corrected chi connectivity index (χ2v) is 3.51. The summed E-state index contributed by atoms with van der Waals surface area (Å²) in [7, 11) is 1.13. The van der Waals surface area contributed by atoms with Gasteiger partial charge in [0.2, 0.25) is 0 Å². The van der Waals surface area contributed by atoms with Crippen LogP contribution in [0.15, 0.2) is 0 Å². The number of nitrogens with one attached hydrogen (secondary N) is 1. The molecule has 0 radical (unpaired) electrons. The van der Waals surface area contributed by atoms with Gasteiger partial charge in [0.25, 0.3) is 5.91 Å². The number of aromatic nitrogens is 3. The molecule has 0 aromatic carbocycles. The number of rotatable bonds is 5. The third-order valence-electron chi connectivity index (χ3n) is 2.22. The summed E-state index contributed by atoms with van der Waals surface area (Å²) in [6, 6.07) is 0. The van der Waals surface area contributed by atoms with Crippen molar-refractivity contribution in [1.29, 1.82) is 0 Å². The van der Waals surface area contributed by atoms with Crippen molar-refractivity contribution in [3.05, 3.63) is 11.4 Å². The van der Waals surface area contributed by atoms with Crippen LogP contribution >= 0.6 is 0 Å². The van der Waals surface area contributed by atoms with E-state index in [2.05, 4.69) is 15.0 Å². The first-order valence-electron chi connectivity index (χ1n) is 5.70. The van der Waals surface area contributed by atoms with Crippen molar-refractivity contribution >= 4 is 18.0 Å². The molecule has 3 N–H and O–H groups in total. The van der Waals surface area contributed by atoms with Crippen LogP contribution in [0.4, 0.5) is 4.79 Å². The zero-order valence-electron chi connectivity index (χ0n) is 11.1. The molecular formula is C10H15N5O5. The molecule has 0 spiro atoms. The summed E-state index contributed by atoms with van der Waals surface area (Å²) in [5.74, 6) is -1.35. The van der Waals surface area contributed by atoms with Crippen LogP contribution in [0.25, 0.3) is 0 Å². The Bertz CT molecular complexity index is 512. The van der Waals surface area contributed by atoms with E-state index < -0.39 is 18.0 Å². The molecule has 0 aliphatic carbocycles. The van der Waals surface area contributed by atoms with Gasteiger partial charge in [-0.1, -0.05) is 5.21 Å². The fourth-order valence-electron chi connectivity index (χ4n) is 1.36. The van der Waals surface area contributed by atoms with Crippen LogP contribution in [0.2, 0.25) is 0 Å². The number of ether oxygens (including phenoxy) is 2. The first-order chi connectivity index (χ1) is 9.53. The topological polar surface area (TPSA) is 138 Å². The van der Waals surface area contributed by atoms with Crippen molar-refractivity contribution in [1.82, 2.24) is 20.3 Å². The number of imide groups is 1. The molecule has 2 amide bonds. The summed E-state index contributed by atoms with van der Waals surface area (Å²) in [6.07, 6.45) is -0.893. The van der Waals surface area contributed by atoms with Crippen LogP contribution in [0.5, 0.6) is 0 Å². The van der Waals surface area contributed by atoms with E-state index in [1.54, 1.807) is 6.92 Å². The largest absolute Gasteiger partial charge is 0.461 e. The van der Waals surface area contributed by atoms with Crippen LogP contribution in [0, 0.1) is 0 Å². The van der Waals surface area contributed by atoms with Gasteiger partial charge < -0.3 is 15.2 Å². The van der Waals surface area contributed by atoms with Crippen molar-refractivity contribution in [3.63, 3.8) is 0 Å². The molecule has 0 saturated carbocycles. The van der Waals surface area contributed by atoms with E-state index in [9.17, 15) is 14.4 Å². The Kier molecular flexibility index (Phi) is 5.59. The smallest absolute Gasteiger partial charge is 0.413 e. The molecule has 1 aromatic rings. The van der Waals surface area contributed by atoms with Crippen molar-refractivity contribution < 1.29 is 23.9 Å². The average Bonchev–Trinajstić information content (AvgIpc) is 2.81. The highest BCUT2D eigenvalue weighted by molar-refractivity contribution is 5.92. The van der Waals surface area contributed by atoms with Crippen molar-refractivity contribution in [2.75, 3.05) is 13.7 Å². The number of amides is 2. The number of nitrogens with zero attached hydrogens (tertiary/aromatic N) is 3. The minimum atomic E-state index is -0.893. The molecule has 0 unspecified atom stereocenters. The molecule has 1 aromatic heterocycles. The normalized spacial score (nSPS) is 9.95. The third kappa shape index (κ3) is 3.75. The lowest BCUT2D eigenvalue weighted by Crippen LogP contribution is -2.34. The second-order valence-electron chi connectivity index (χ2n) is 3.51. The standard InChI is InChI=1S/C10H15N5O5/c1-3-20-9(17)8-6(4-11)15(14-13-8)5-7(16)12-10(18)19-2/h3-5,11H2,1-2H3,(H,12,16,18). The summed E-state index contributed by atoms with van der Waals surface area (Å²) in [6.45, 7) is 1.44. The van der Waals surface area contributed by atoms with Gasteiger partial charge in [0.15, 0.2) is 5.69 Å². The van der Waals surface area contributed by atoms with Crippen LogP contribution in [0.1, 0.15) is 23.1 Å². The Morgan fingerprint density at radius 3 is 2.65 bits per heavy atom. The molecular weight excluding hydrogens is 270 g/mol. The first-order valence-corrected chi connectivity index (χ1v) is 5.70. The average molecular weight is 285 g/mol. The molecule has 1 rings (SSSR count). The Morgan fingerprint density at radius 1 is 1.40 bits per heavy atom. The predicted octanol–water partition coefficient (Wildman–Crippen LogP) is -1.20. The lowest BCUT2D eigenvalue weighted by Gasteiger charge is -2.05. The van der Waals surface area contributed by atoms with Gasteiger partial charge in [-0.25, -0.2) is 14.3 Å². The number of esters is 1. The van der Waals surface area contributed by atoms with Gasteiger partial charge in [0.1, 0.15) is 6.54 Å². The summed E-state index contributed by atoms with van der Waals surface area (Å²) >= 11 is 0. The highest BCUT2D eigenvalue weighted by atomic mass is 16.5. The lowest BCUT2D eigenvalue weighted by atomic mass is 10.3. The fraction of sp³-hybridized carbons (Fsp3) is 0.500. The molecule has 0 saturated heterocycles. The maximum Gasteiger partial charge on any atom is 0.413 e. The van der Waals surface area contributed by atoms with Gasteiger partial charge >= 0.3 is 12.1 Å². The number of nitrogens with two attached hydrogens (primary N) is 1. The molecule has 0 bridgehead atoms. The molecule has 20 heavy (non-hydrogen) atoms. The van der Waals surface area contributed by atoms with E-state index in [4.69, 9.17) is 10.5 Å². The highest BCUT2D eigenvalue weighted by Crippen LogP contribution is 2.06. The van der Waals surface area contributed by atoms with Gasteiger partial charge in [0.05, 0.1) is 19.4 Å². The zero-order chi connectivity index (χ0) is 15.1. The van der Waals surface area contributed by atoms with Crippen molar-refractivity contribution in [2.24, 2.45) is 5.73 Å². The van der Waals surface area contributed by atoms with Crippen molar-refractivity contribution in [2.45, 2.75) is 20.0 Å². The van der Waals surface area contributed by atoms with E-state index in [1.807, 2.05) is 5.32 Å². The molecule has 0 fully saturated rings. The Labute approximate surface area is 114 Å². The van der Waals surface area contributed by atoms with Crippen LogP contribution in [-0.2, 0) is 27.4 Å². The van der Waals surface area contributed by atoms with Gasteiger partial charge in [-0.3, -0.25) is 10.1 Å². The fourth-order valence-corrected chi connectivity index (χ4v) is 1.36. The molecule has 10 heteroatoms. The summed E-state index contributed by atoms with van der Waals surface area (Å²) < 4.78 is 10.2.